The number of amides is 1. The molecule has 1 heterocycles. The summed E-state index contributed by atoms with van der Waals surface area (Å²) in [5.74, 6) is 0.212. The topological polar surface area (TPSA) is 86.1 Å². The third-order valence-electron chi connectivity index (χ3n) is 3.64. The molecule has 0 aliphatic rings. The lowest BCUT2D eigenvalue weighted by atomic mass is 10.1. The molecular formula is C18H14Cl2N4O3. The normalized spacial score (nSPS) is 10.5. The molecule has 1 N–H and O–H groups in total. The third kappa shape index (κ3) is 4.64. The van der Waals surface area contributed by atoms with Gasteiger partial charge in [0.2, 0.25) is 5.91 Å². The quantitative estimate of drug-likeness (QED) is 0.704. The highest BCUT2D eigenvalue weighted by molar-refractivity contribution is 6.35. The van der Waals surface area contributed by atoms with Crippen LogP contribution in [0.3, 0.4) is 0 Å². The number of ether oxygens (including phenoxy) is 1. The van der Waals surface area contributed by atoms with Gasteiger partial charge in [-0.15, -0.1) is 0 Å². The second kappa shape index (κ2) is 8.20. The lowest BCUT2D eigenvalue weighted by Gasteiger charge is -2.09. The first-order valence-corrected chi connectivity index (χ1v) is 8.55. The Bertz CT molecular complexity index is 1040. The van der Waals surface area contributed by atoms with Gasteiger partial charge < -0.3 is 10.1 Å². The standard InChI is InChI=1S/C18H14Cl2N4O3/c1-27-13-5-2-11(3-6-13)16-9-21-24(18(26)23-16)10-17(25)22-15-8-12(19)4-7-14(15)20/h2-9H,10H2,1H3,(H,22,25). The van der Waals surface area contributed by atoms with Crippen molar-refractivity contribution in [3.05, 3.63) is 69.2 Å². The maximum atomic E-state index is 12.2. The number of carbonyl (C=O) groups excluding carboxylic acids is 1. The van der Waals surface area contributed by atoms with E-state index in [1.165, 1.54) is 12.3 Å². The van der Waals surface area contributed by atoms with Gasteiger partial charge in [-0.2, -0.15) is 10.1 Å². The van der Waals surface area contributed by atoms with Crippen LogP contribution in [-0.4, -0.2) is 27.8 Å². The number of hydrogen-bond donors (Lipinski definition) is 1. The second-order valence-corrected chi connectivity index (χ2v) is 6.33. The van der Waals surface area contributed by atoms with Crippen LogP contribution in [0.25, 0.3) is 11.3 Å². The van der Waals surface area contributed by atoms with E-state index in [-0.39, 0.29) is 6.54 Å². The van der Waals surface area contributed by atoms with Gasteiger partial charge in [0.1, 0.15) is 12.3 Å². The fourth-order valence-electron chi connectivity index (χ4n) is 2.29. The summed E-state index contributed by atoms with van der Waals surface area (Å²) in [4.78, 5) is 28.3. The molecule has 0 aliphatic carbocycles. The van der Waals surface area contributed by atoms with Crippen molar-refractivity contribution in [3.63, 3.8) is 0 Å². The molecule has 138 valence electrons. The van der Waals surface area contributed by atoms with Gasteiger partial charge in [0, 0.05) is 10.6 Å². The van der Waals surface area contributed by atoms with Crippen LogP contribution in [0.4, 0.5) is 5.69 Å². The van der Waals surface area contributed by atoms with E-state index < -0.39 is 11.6 Å². The number of aromatic nitrogens is 3. The number of nitrogens with zero attached hydrogens (tertiary/aromatic N) is 3. The lowest BCUT2D eigenvalue weighted by molar-refractivity contribution is -0.117. The number of carbonyl (C=O) groups is 1. The van der Waals surface area contributed by atoms with Crippen molar-refractivity contribution >= 4 is 34.8 Å². The van der Waals surface area contributed by atoms with Crippen LogP contribution in [0.15, 0.2) is 53.5 Å². The third-order valence-corrected chi connectivity index (χ3v) is 4.20. The summed E-state index contributed by atoms with van der Waals surface area (Å²) in [7, 11) is 1.57. The van der Waals surface area contributed by atoms with Crippen LogP contribution in [-0.2, 0) is 11.3 Å². The fraction of sp³-hybridized carbons (Fsp3) is 0.111. The van der Waals surface area contributed by atoms with Crippen molar-refractivity contribution < 1.29 is 9.53 Å². The molecule has 1 aromatic heterocycles. The van der Waals surface area contributed by atoms with Crippen LogP contribution >= 0.6 is 23.2 Å². The number of nitrogens with one attached hydrogen (secondary N) is 1. The maximum Gasteiger partial charge on any atom is 0.365 e. The molecule has 0 saturated carbocycles. The highest BCUT2D eigenvalue weighted by Gasteiger charge is 2.11. The van der Waals surface area contributed by atoms with E-state index in [0.717, 1.165) is 4.68 Å². The van der Waals surface area contributed by atoms with E-state index >= 15 is 0 Å². The Balaban J connectivity index is 1.74. The van der Waals surface area contributed by atoms with Crippen molar-refractivity contribution in [1.29, 1.82) is 0 Å². The van der Waals surface area contributed by atoms with Gasteiger partial charge in [0.05, 0.1) is 29.7 Å². The number of methoxy groups -OCH3 is 1. The summed E-state index contributed by atoms with van der Waals surface area (Å²) in [5.41, 5.74) is 0.820. The number of hydrogen-bond acceptors (Lipinski definition) is 5. The zero-order valence-corrected chi connectivity index (χ0v) is 15.7. The van der Waals surface area contributed by atoms with Gasteiger partial charge in [-0.05, 0) is 42.5 Å². The molecule has 9 heteroatoms. The lowest BCUT2D eigenvalue weighted by Crippen LogP contribution is -2.31. The molecule has 3 aromatic rings. The predicted octanol–water partition coefficient (Wildman–Crippen LogP) is 3.26. The molecule has 3 rings (SSSR count). The molecule has 7 nitrogen and oxygen atoms in total. The Morgan fingerprint density at radius 3 is 2.59 bits per heavy atom. The average molecular weight is 405 g/mol. The Labute approximate surface area is 164 Å². The van der Waals surface area contributed by atoms with Gasteiger partial charge >= 0.3 is 5.69 Å². The van der Waals surface area contributed by atoms with E-state index in [4.69, 9.17) is 27.9 Å². The summed E-state index contributed by atoms with van der Waals surface area (Å²) in [6.07, 6.45) is 1.42. The summed E-state index contributed by atoms with van der Waals surface area (Å²) >= 11 is 11.9. The predicted molar refractivity (Wildman–Crippen MR) is 103 cm³/mol. The summed E-state index contributed by atoms with van der Waals surface area (Å²) in [5, 5.41) is 7.36. The minimum atomic E-state index is -0.643. The first-order chi connectivity index (χ1) is 13.0. The second-order valence-electron chi connectivity index (χ2n) is 5.48. The van der Waals surface area contributed by atoms with Crippen molar-refractivity contribution in [2.24, 2.45) is 0 Å². The van der Waals surface area contributed by atoms with Gasteiger partial charge in [0.25, 0.3) is 0 Å². The van der Waals surface area contributed by atoms with Crippen molar-refractivity contribution in [3.8, 4) is 17.0 Å². The zero-order chi connectivity index (χ0) is 19.4. The Morgan fingerprint density at radius 1 is 1.19 bits per heavy atom. The van der Waals surface area contributed by atoms with E-state index in [1.54, 1.807) is 43.5 Å². The smallest absolute Gasteiger partial charge is 0.365 e. The average Bonchev–Trinajstić information content (AvgIpc) is 2.66. The van der Waals surface area contributed by atoms with Gasteiger partial charge in [-0.1, -0.05) is 23.2 Å². The van der Waals surface area contributed by atoms with E-state index in [9.17, 15) is 9.59 Å². The highest BCUT2D eigenvalue weighted by atomic mass is 35.5. The number of anilines is 1. The Morgan fingerprint density at radius 2 is 1.93 bits per heavy atom. The number of benzene rings is 2. The van der Waals surface area contributed by atoms with E-state index in [0.29, 0.717) is 32.7 Å². The van der Waals surface area contributed by atoms with Crippen molar-refractivity contribution in [2.45, 2.75) is 6.54 Å². The molecule has 2 aromatic carbocycles. The van der Waals surface area contributed by atoms with E-state index in [1.807, 2.05) is 0 Å². The van der Waals surface area contributed by atoms with Crippen LogP contribution in [0.5, 0.6) is 5.75 Å². The minimum Gasteiger partial charge on any atom is -0.497 e. The largest absolute Gasteiger partial charge is 0.497 e. The molecule has 1 amide bonds. The van der Waals surface area contributed by atoms with Gasteiger partial charge in [-0.3, -0.25) is 4.79 Å². The van der Waals surface area contributed by atoms with Gasteiger partial charge in [0.15, 0.2) is 0 Å². The van der Waals surface area contributed by atoms with Gasteiger partial charge in [-0.25, -0.2) is 9.48 Å². The minimum absolute atomic E-state index is 0.308. The fourth-order valence-corrected chi connectivity index (χ4v) is 2.63. The number of rotatable bonds is 5. The first-order valence-electron chi connectivity index (χ1n) is 7.80. The summed E-state index contributed by atoms with van der Waals surface area (Å²) < 4.78 is 6.05. The summed E-state index contributed by atoms with van der Waals surface area (Å²) in [6, 6.07) is 11.7. The van der Waals surface area contributed by atoms with E-state index in [2.05, 4.69) is 15.4 Å². The molecular weight excluding hydrogens is 391 g/mol. The molecule has 0 saturated heterocycles. The van der Waals surface area contributed by atoms with Crippen molar-refractivity contribution in [2.75, 3.05) is 12.4 Å². The molecule has 27 heavy (non-hydrogen) atoms. The molecule has 0 spiro atoms. The first kappa shape index (κ1) is 18.9. The molecule has 0 unspecified atom stereocenters. The van der Waals surface area contributed by atoms with Crippen LogP contribution < -0.4 is 15.7 Å². The Kier molecular flexibility index (Phi) is 5.73. The molecule has 0 radical (unpaired) electrons. The molecule has 0 aliphatic heterocycles. The van der Waals surface area contributed by atoms with Crippen LogP contribution in [0.2, 0.25) is 10.0 Å². The monoisotopic (exact) mass is 404 g/mol. The highest BCUT2D eigenvalue weighted by Crippen LogP contribution is 2.25. The Hall–Kier alpha value is -2.90. The molecule has 0 fully saturated rings. The SMILES string of the molecule is COc1ccc(-c2cnn(CC(=O)Nc3cc(Cl)ccc3Cl)c(=O)n2)cc1. The van der Waals surface area contributed by atoms with Crippen LogP contribution in [0.1, 0.15) is 0 Å². The number of halogens is 2. The molecule has 0 bridgehead atoms. The zero-order valence-electron chi connectivity index (χ0n) is 14.1. The van der Waals surface area contributed by atoms with Crippen LogP contribution in [0, 0.1) is 0 Å². The molecule has 0 atom stereocenters. The summed E-state index contributed by atoms with van der Waals surface area (Å²) in [6.45, 7) is -0.308. The maximum absolute atomic E-state index is 12.2. The van der Waals surface area contributed by atoms with Crippen molar-refractivity contribution in [1.82, 2.24) is 14.8 Å².